The third kappa shape index (κ3) is 6.48. The summed E-state index contributed by atoms with van der Waals surface area (Å²) in [5.74, 6) is 2.12. The Morgan fingerprint density at radius 2 is 1.76 bits per heavy atom. The van der Waals surface area contributed by atoms with Crippen LogP contribution in [0.3, 0.4) is 0 Å². The van der Waals surface area contributed by atoms with Gasteiger partial charge in [-0.05, 0) is 87.2 Å². The van der Waals surface area contributed by atoms with Crippen molar-refractivity contribution in [2.24, 2.45) is 11.8 Å². The van der Waals surface area contributed by atoms with Crippen molar-refractivity contribution >= 4 is 11.9 Å². The lowest BCUT2D eigenvalue weighted by Gasteiger charge is -2.54. The smallest absolute Gasteiger partial charge is 0.157 e. The summed E-state index contributed by atoms with van der Waals surface area (Å²) in [7, 11) is 1.94. The van der Waals surface area contributed by atoms with Crippen molar-refractivity contribution in [2.45, 2.75) is 68.8 Å². The van der Waals surface area contributed by atoms with E-state index in [4.69, 9.17) is 0 Å². The van der Waals surface area contributed by atoms with E-state index < -0.39 is 5.60 Å². The SMILES string of the molecule is CNSCc1ccccc1.Oc1ccc(CC2N(CC3CC3)CCC3CCCCC32O)cc1O. The van der Waals surface area contributed by atoms with Crippen molar-refractivity contribution in [1.82, 2.24) is 9.62 Å². The van der Waals surface area contributed by atoms with Gasteiger partial charge in [-0.15, -0.1) is 0 Å². The lowest BCUT2D eigenvalue weighted by molar-refractivity contribution is -0.141. The minimum Gasteiger partial charge on any atom is -0.504 e. The Kier molecular flexibility index (Phi) is 8.81. The van der Waals surface area contributed by atoms with Crippen molar-refractivity contribution in [1.29, 1.82) is 0 Å². The zero-order valence-electron chi connectivity index (χ0n) is 20.3. The van der Waals surface area contributed by atoms with Gasteiger partial charge in [0.1, 0.15) is 0 Å². The van der Waals surface area contributed by atoms with Crippen LogP contribution in [0, 0.1) is 11.8 Å². The lowest BCUT2D eigenvalue weighted by Crippen LogP contribution is -2.63. The second-order valence-electron chi connectivity index (χ2n) is 10.2. The molecule has 186 valence electrons. The van der Waals surface area contributed by atoms with Crippen LogP contribution in [-0.2, 0) is 12.2 Å². The molecule has 1 heterocycles. The molecule has 1 aliphatic heterocycles. The van der Waals surface area contributed by atoms with Crippen LogP contribution < -0.4 is 4.72 Å². The van der Waals surface area contributed by atoms with E-state index in [1.807, 2.05) is 19.2 Å². The average molecular weight is 485 g/mol. The molecule has 4 N–H and O–H groups in total. The molecule has 3 fully saturated rings. The molecule has 2 aromatic rings. The highest BCUT2D eigenvalue weighted by molar-refractivity contribution is 7.96. The third-order valence-electron chi connectivity index (χ3n) is 7.75. The predicted octanol–water partition coefficient (Wildman–Crippen LogP) is 5.10. The number of hydrogen-bond donors (Lipinski definition) is 4. The van der Waals surface area contributed by atoms with Gasteiger partial charge in [0.15, 0.2) is 11.5 Å². The van der Waals surface area contributed by atoms with Crippen LogP contribution in [0.2, 0.25) is 0 Å². The molecule has 3 aliphatic rings. The van der Waals surface area contributed by atoms with E-state index in [1.54, 1.807) is 24.1 Å². The normalized spacial score (nSPS) is 26.9. The number of aliphatic hydroxyl groups is 1. The highest BCUT2D eigenvalue weighted by atomic mass is 32.2. The van der Waals surface area contributed by atoms with Gasteiger partial charge in [-0.2, -0.15) is 0 Å². The first-order chi connectivity index (χ1) is 16.5. The maximum absolute atomic E-state index is 11.6. The lowest BCUT2D eigenvalue weighted by atomic mass is 9.66. The number of phenolic OH excluding ortho intramolecular Hbond substituents is 2. The molecular weight excluding hydrogens is 444 g/mol. The second kappa shape index (κ2) is 11.8. The number of rotatable bonds is 7. The molecule has 34 heavy (non-hydrogen) atoms. The predicted molar refractivity (Wildman–Crippen MR) is 140 cm³/mol. The molecule has 0 amide bonds. The van der Waals surface area contributed by atoms with Crippen molar-refractivity contribution in [3.63, 3.8) is 0 Å². The maximum Gasteiger partial charge on any atom is 0.157 e. The quantitative estimate of drug-likeness (QED) is 0.324. The zero-order chi connectivity index (χ0) is 24.0. The Hall–Kier alpha value is -1.73. The van der Waals surface area contributed by atoms with E-state index in [-0.39, 0.29) is 17.5 Å². The van der Waals surface area contributed by atoms with Crippen LogP contribution in [0.15, 0.2) is 48.5 Å². The molecule has 6 heteroatoms. The number of benzene rings is 2. The van der Waals surface area contributed by atoms with Gasteiger partial charge in [-0.1, -0.05) is 61.2 Å². The number of hydrogen-bond acceptors (Lipinski definition) is 6. The van der Waals surface area contributed by atoms with E-state index in [0.29, 0.717) is 5.92 Å². The molecule has 5 nitrogen and oxygen atoms in total. The van der Waals surface area contributed by atoms with Crippen LogP contribution >= 0.6 is 11.9 Å². The minimum atomic E-state index is -0.598. The molecule has 0 radical (unpaired) electrons. The fourth-order valence-electron chi connectivity index (χ4n) is 5.69. The molecule has 3 unspecified atom stereocenters. The Labute approximate surface area is 208 Å². The molecule has 3 atom stereocenters. The Morgan fingerprint density at radius 3 is 2.47 bits per heavy atom. The van der Waals surface area contributed by atoms with Gasteiger partial charge in [0.25, 0.3) is 0 Å². The first-order valence-electron chi connectivity index (χ1n) is 12.8. The minimum absolute atomic E-state index is 0.0655. The molecule has 0 aromatic heterocycles. The fourth-order valence-corrected chi connectivity index (χ4v) is 6.19. The first-order valence-corrected chi connectivity index (χ1v) is 13.8. The summed E-state index contributed by atoms with van der Waals surface area (Å²) in [5.41, 5.74) is 1.76. The summed E-state index contributed by atoms with van der Waals surface area (Å²) in [5, 5.41) is 31.0. The summed E-state index contributed by atoms with van der Waals surface area (Å²) in [4.78, 5) is 2.52. The van der Waals surface area contributed by atoms with Gasteiger partial charge in [0.05, 0.1) is 5.60 Å². The summed E-state index contributed by atoms with van der Waals surface area (Å²) >= 11 is 1.71. The van der Waals surface area contributed by atoms with Crippen molar-refractivity contribution in [3.8, 4) is 11.5 Å². The fraction of sp³-hybridized carbons (Fsp3) is 0.571. The third-order valence-corrected chi connectivity index (χ3v) is 8.52. The van der Waals surface area contributed by atoms with E-state index in [9.17, 15) is 15.3 Å². The van der Waals surface area contributed by atoms with Crippen molar-refractivity contribution in [3.05, 3.63) is 59.7 Å². The highest BCUT2D eigenvalue weighted by Crippen LogP contribution is 2.45. The number of piperidine rings is 1. The zero-order valence-corrected chi connectivity index (χ0v) is 21.1. The van der Waals surface area contributed by atoms with Gasteiger partial charge < -0.3 is 15.3 Å². The van der Waals surface area contributed by atoms with Crippen LogP contribution in [0.4, 0.5) is 0 Å². The molecule has 1 saturated heterocycles. The molecule has 0 bridgehead atoms. The number of likely N-dealkylation sites (tertiary alicyclic amines) is 1. The molecule has 5 rings (SSSR count). The van der Waals surface area contributed by atoms with E-state index in [2.05, 4.69) is 33.9 Å². The summed E-state index contributed by atoms with van der Waals surface area (Å²) in [6, 6.07) is 15.6. The van der Waals surface area contributed by atoms with Crippen molar-refractivity contribution in [2.75, 3.05) is 20.1 Å². The number of aromatic hydroxyl groups is 2. The Bertz CT molecular complexity index is 908. The number of nitrogens with one attached hydrogen (secondary N) is 1. The number of nitrogens with zero attached hydrogens (tertiary/aromatic N) is 1. The second-order valence-corrected chi connectivity index (χ2v) is 11.2. The molecule has 0 spiro atoms. The number of fused-ring (bicyclic) bond motifs is 1. The van der Waals surface area contributed by atoms with Gasteiger partial charge in [-0.25, -0.2) is 0 Å². The number of phenols is 2. The molecule has 2 aliphatic carbocycles. The molecule has 2 aromatic carbocycles. The Balaban J connectivity index is 0.000000231. The molecule has 2 saturated carbocycles. The summed E-state index contributed by atoms with van der Waals surface area (Å²) < 4.78 is 3.03. The first kappa shape index (κ1) is 25.4. The Morgan fingerprint density at radius 1 is 0.971 bits per heavy atom. The standard InChI is InChI=1S/C20H29NO3.C8H11NS/c22-17-7-6-15(11-18(17)23)12-19-20(24)9-2-1-3-16(20)8-10-21(19)13-14-4-5-14;1-9-10-7-8-5-3-2-4-6-8/h6-7,11,14,16,19,22-24H,1-5,8-10,12-13H2;2-6,9H,7H2,1H3. The van der Waals surface area contributed by atoms with Gasteiger partial charge in [-0.3, -0.25) is 9.62 Å². The van der Waals surface area contributed by atoms with E-state index >= 15 is 0 Å². The summed E-state index contributed by atoms with van der Waals surface area (Å²) in [6.45, 7) is 2.18. The highest BCUT2D eigenvalue weighted by Gasteiger charge is 2.50. The van der Waals surface area contributed by atoms with Crippen LogP contribution in [0.5, 0.6) is 11.5 Å². The maximum atomic E-state index is 11.6. The average Bonchev–Trinajstić information content (AvgIpc) is 3.67. The van der Waals surface area contributed by atoms with E-state index in [0.717, 1.165) is 62.4 Å². The monoisotopic (exact) mass is 484 g/mol. The van der Waals surface area contributed by atoms with Crippen LogP contribution in [0.25, 0.3) is 0 Å². The van der Waals surface area contributed by atoms with Crippen LogP contribution in [0.1, 0.15) is 56.1 Å². The van der Waals surface area contributed by atoms with Crippen molar-refractivity contribution < 1.29 is 15.3 Å². The summed E-state index contributed by atoms with van der Waals surface area (Å²) in [6.07, 6.45) is 8.90. The van der Waals surface area contributed by atoms with Crippen LogP contribution in [-0.4, -0.2) is 52.0 Å². The topological polar surface area (TPSA) is 76.0 Å². The van der Waals surface area contributed by atoms with Gasteiger partial charge in [0, 0.05) is 18.3 Å². The van der Waals surface area contributed by atoms with E-state index in [1.165, 1.54) is 24.8 Å². The van der Waals surface area contributed by atoms with Gasteiger partial charge in [0.2, 0.25) is 0 Å². The molecular formula is C28H40N2O3S. The largest absolute Gasteiger partial charge is 0.504 e. The van der Waals surface area contributed by atoms with Gasteiger partial charge >= 0.3 is 0 Å².